The Morgan fingerprint density at radius 1 is 1.29 bits per heavy atom. The van der Waals surface area contributed by atoms with Crippen molar-refractivity contribution in [2.45, 2.75) is 37.0 Å². The fraction of sp³-hybridized carbons (Fsp3) is 1.00. The van der Waals surface area contributed by atoms with E-state index in [4.69, 9.17) is 19.9 Å². The monoisotopic (exact) mass is 201 g/mol. The van der Waals surface area contributed by atoms with E-state index in [0.29, 0.717) is 13.2 Å². The smallest absolute Gasteiger partial charge is 0.186 e. The van der Waals surface area contributed by atoms with Crippen LogP contribution in [0.2, 0.25) is 0 Å². The Morgan fingerprint density at radius 2 is 2.14 bits per heavy atom. The van der Waals surface area contributed by atoms with Crippen molar-refractivity contribution in [3.05, 3.63) is 0 Å². The molecule has 1 saturated carbocycles. The highest BCUT2D eigenvalue weighted by molar-refractivity contribution is 5.07. The molecular formula is C10H19NO3. The second-order valence-corrected chi connectivity index (χ2v) is 4.20. The number of ether oxygens (including phenoxy) is 3. The van der Waals surface area contributed by atoms with Gasteiger partial charge in [-0.2, -0.15) is 0 Å². The van der Waals surface area contributed by atoms with Gasteiger partial charge in [0.05, 0.1) is 25.4 Å². The average molecular weight is 201 g/mol. The lowest BCUT2D eigenvalue weighted by molar-refractivity contribution is -0.230. The highest BCUT2D eigenvalue weighted by Crippen LogP contribution is 2.47. The Kier molecular flexibility index (Phi) is 2.79. The Morgan fingerprint density at radius 3 is 2.93 bits per heavy atom. The van der Waals surface area contributed by atoms with Crippen molar-refractivity contribution in [3.8, 4) is 0 Å². The van der Waals surface area contributed by atoms with Crippen molar-refractivity contribution in [1.82, 2.24) is 0 Å². The highest BCUT2D eigenvalue weighted by Gasteiger charge is 2.58. The zero-order chi connectivity index (χ0) is 10.1. The molecule has 4 nitrogen and oxygen atoms in total. The lowest BCUT2D eigenvalue weighted by Gasteiger charge is -2.35. The van der Waals surface area contributed by atoms with Crippen LogP contribution in [-0.4, -0.2) is 38.3 Å². The van der Waals surface area contributed by atoms with Crippen molar-refractivity contribution >= 4 is 0 Å². The largest absolute Gasteiger partial charge is 0.382 e. The second kappa shape index (κ2) is 3.77. The highest BCUT2D eigenvalue weighted by atomic mass is 16.7. The Bertz CT molecular complexity index is 198. The molecule has 1 aliphatic carbocycles. The third kappa shape index (κ3) is 1.46. The lowest BCUT2D eigenvalue weighted by Crippen LogP contribution is -2.55. The predicted molar refractivity (Wildman–Crippen MR) is 51.9 cm³/mol. The molecule has 0 amide bonds. The van der Waals surface area contributed by atoms with Crippen LogP contribution < -0.4 is 5.73 Å². The average Bonchev–Trinajstić information content (AvgIpc) is 2.58. The third-order valence-corrected chi connectivity index (χ3v) is 3.39. The molecular weight excluding hydrogens is 182 g/mol. The van der Waals surface area contributed by atoms with Crippen LogP contribution in [0.5, 0.6) is 0 Å². The van der Waals surface area contributed by atoms with Gasteiger partial charge in [-0.1, -0.05) is 0 Å². The fourth-order valence-corrected chi connectivity index (χ4v) is 2.55. The normalized spacial score (nSPS) is 41.6. The minimum atomic E-state index is -0.508. The summed E-state index contributed by atoms with van der Waals surface area (Å²) in [5, 5.41) is 0. The molecule has 1 saturated heterocycles. The topological polar surface area (TPSA) is 53.7 Å². The molecule has 4 heteroatoms. The van der Waals surface area contributed by atoms with Crippen molar-refractivity contribution in [3.63, 3.8) is 0 Å². The van der Waals surface area contributed by atoms with Gasteiger partial charge in [-0.25, -0.2) is 0 Å². The van der Waals surface area contributed by atoms with Crippen LogP contribution in [0.1, 0.15) is 25.7 Å². The summed E-state index contributed by atoms with van der Waals surface area (Å²) in [4.78, 5) is 0. The number of methoxy groups -OCH3 is 1. The van der Waals surface area contributed by atoms with E-state index in [1.807, 2.05) is 0 Å². The molecule has 1 aliphatic heterocycles. The van der Waals surface area contributed by atoms with Gasteiger partial charge < -0.3 is 19.9 Å². The van der Waals surface area contributed by atoms with E-state index < -0.39 is 5.79 Å². The standard InChI is InChI=1S/C10H19NO3/c1-12-7-8-14-10-4-2-3-9(10,11)5-6-13-10/h2-8,11H2,1H3. The SMILES string of the molecule is COCCOC12CCCC1(N)CCO2. The number of hydrogen-bond donors (Lipinski definition) is 1. The summed E-state index contributed by atoms with van der Waals surface area (Å²) in [6, 6.07) is 0. The van der Waals surface area contributed by atoms with Crippen LogP contribution in [0.3, 0.4) is 0 Å². The Balaban J connectivity index is 1.98. The van der Waals surface area contributed by atoms with Crippen LogP contribution in [0.15, 0.2) is 0 Å². The molecule has 2 aliphatic rings. The summed E-state index contributed by atoms with van der Waals surface area (Å²) >= 11 is 0. The molecule has 0 radical (unpaired) electrons. The Hall–Kier alpha value is -0.160. The van der Waals surface area contributed by atoms with Gasteiger partial charge >= 0.3 is 0 Å². The molecule has 2 unspecified atom stereocenters. The molecule has 2 fully saturated rings. The molecule has 0 aromatic carbocycles. The van der Waals surface area contributed by atoms with Crippen LogP contribution in [0.25, 0.3) is 0 Å². The van der Waals surface area contributed by atoms with E-state index in [2.05, 4.69) is 0 Å². The number of fused-ring (bicyclic) bond motifs is 1. The van der Waals surface area contributed by atoms with Crippen molar-refractivity contribution < 1.29 is 14.2 Å². The molecule has 14 heavy (non-hydrogen) atoms. The zero-order valence-electron chi connectivity index (χ0n) is 8.75. The summed E-state index contributed by atoms with van der Waals surface area (Å²) in [6.45, 7) is 1.89. The van der Waals surface area contributed by atoms with Crippen LogP contribution in [0.4, 0.5) is 0 Å². The van der Waals surface area contributed by atoms with E-state index in [9.17, 15) is 0 Å². The lowest BCUT2D eigenvalue weighted by atomic mass is 9.92. The molecule has 82 valence electrons. The van der Waals surface area contributed by atoms with Gasteiger partial charge in [0, 0.05) is 13.5 Å². The summed E-state index contributed by atoms with van der Waals surface area (Å²) < 4.78 is 16.5. The van der Waals surface area contributed by atoms with Crippen molar-refractivity contribution in [1.29, 1.82) is 0 Å². The predicted octanol–water partition coefficient (Wildman–Crippen LogP) is 0.647. The van der Waals surface area contributed by atoms with Crippen LogP contribution in [0, 0.1) is 0 Å². The maximum absolute atomic E-state index is 6.29. The summed E-state index contributed by atoms with van der Waals surface area (Å²) in [6.07, 6.45) is 3.96. The first-order valence-corrected chi connectivity index (χ1v) is 5.28. The van der Waals surface area contributed by atoms with E-state index >= 15 is 0 Å². The zero-order valence-corrected chi connectivity index (χ0v) is 8.75. The van der Waals surface area contributed by atoms with Gasteiger partial charge in [-0.15, -0.1) is 0 Å². The van der Waals surface area contributed by atoms with E-state index in [0.717, 1.165) is 32.3 Å². The molecule has 0 spiro atoms. The fourth-order valence-electron chi connectivity index (χ4n) is 2.55. The molecule has 2 N–H and O–H groups in total. The molecule has 0 bridgehead atoms. The first kappa shape index (κ1) is 10.4. The molecule has 2 atom stereocenters. The van der Waals surface area contributed by atoms with Crippen molar-refractivity contribution in [2.75, 3.05) is 26.9 Å². The first-order chi connectivity index (χ1) is 6.72. The van der Waals surface area contributed by atoms with E-state index in [1.165, 1.54) is 0 Å². The number of hydrogen-bond acceptors (Lipinski definition) is 4. The Labute approximate surface area is 84.7 Å². The molecule has 1 heterocycles. The van der Waals surface area contributed by atoms with Gasteiger partial charge in [0.1, 0.15) is 0 Å². The maximum atomic E-state index is 6.29. The number of rotatable bonds is 4. The molecule has 0 aromatic rings. The van der Waals surface area contributed by atoms with Crippen LogP contribution in [-0.2, 0) is 14.2 Å². The van der Waals surface area contributed by atoms with Gasteiger partial charge in [-0.3, -0.25) is 0 Å². The summed E-state index contributed by atoms with van der Waals surface area (Å²) in [5.74, 6) is -0.508. The second-order valence-electron chi connectivity index (χ2n) is 4.20. The minimum absolute atomic E-state index is 0.249. The minimum Gasteiger partial charge on any atom is -0.382 e. The van der Waals surface area contributed by atoms with E-state index in [-0.39, 0.29) is 5.54 Å². The van der Waals surface area contributed by atoms with Gasteiger partial charge in [0.15, 0.2) is 5.79 Å². The summed E-state index contributed by atoms with van der Waals surface area (Å²) in [7, 11) is 1.67. The van der Waals surface area contributed by atoms with E-state index in [1.54, 1.807) is 7.11 Å². The number of nitrogens with two attached hydrogens (primary N) is 1. The summed E-state index contributed by atoms with van der Waals surface area (Å²) in [5.41, 5.74) is 6.04. The first-order valence-electron chi connectivity index (χ1n) is 5.28. The molecule has 0 aromatic heterocycles. The molecule has 2 rings (SSSR count). The third-order valence-electron chi connectivity index (χ3n) is 3.39. The van der Waals surface area contributed by atoms with Gasteiger partial charge in [0.2, 0.25) is 0 Å². The van der Waals surface area contributed by atoms with Gasteiger partial charge in [-0.05, 0) is 19.3 Å². The maximum Gasteiger partial charge on any atom is 0.186 e. The van der Waals surface area contributed by atoms with Gasteiger partial charge in [0.25, 0.3) is 0 Å². The quantitative estimate of drug-likeness (QED) is 0.678. The van der Waals surface area contributed by atoms with Crippen molar-refractivity contribution in [2.24, 2.45) is 5.73 Å². The van der Waals surface area contributed by atoms with Crippen LogP contribution >= 0.6 is 0 Å².